The number of rotatable bonds is 4. The lowest BCUT2D eigenvalue weighted by Crippen LogP contribution is -2.43. The SMILES string of the molecule is Cc1cc(-c2cnc3cc(-c4ccc(N5CCNCC5)cc4)c(C)nn23)c2ccc(C(N)=O)cc2n1. The molecule has 0 bridgehead atoms. The molecule has 8 nitrogen and oxygen atoms in total. The van der Waals surface area contributed by atoms with Crippen molar-refractivity contribution in [3.8, 4) is 22.4 Å². The van der Waals surface area contributed by atoms with E-state index in [-0.39, 0.29) is 0 Å². The van der Waals surface area contributed by atoms with Gasteiger partial charge in [0.25, 0.3) is 0 Å². The predicted octanol–water partition coefficient (Wildman–Crippen LogP) is 3.74. The highest BCUT2D eigenvalue weighted by Gasteiger charge is 2.16. The molecule has 2 aromatic carbocycles. The van der Waals surface area contributed by atoms with Crippen LogP contribution < -0.4 is 16.0 Å². The molecule has 3 aromatic heterocycles. The lowest BCUT2D eigenvalue weighted by atomic mass is 10.0. The summed E-state index contributed by atoms with van der Waals surface area (Å²) in [6, 6.07) is 18.2. The van der Waals surface area contributed by atoms with E-state index in [9.17, 15) is 4.79 Å². The highest BCUT2D eigenvalue weighted by atomic mass is 16.1. The van der Waals surface area contributed by atoms with Crippen LogP contribution in [-0.2, 0) is 0 Å². The number of pyridine rings is 1. The summed E-state index contributed by atoms with van der Waals surface area (Å²) in [4.78, 5) is 23.4. The summed E-state index contributed by atoms with van der Waals surface area (Å²) >= 11 is 0. The minimum absolute atomic E-state index is 0.436. The monoisotopic (exact) mass is 477 g/mol. The van der Waals surface area contributed by atoms with E-state index in [1.165, 1.54) is 5.69 Å². The number of carbonyl (C=O) groups excluding carboxylic acids is 1. The van der Waals surface area contributed by atoms with Crippen molar-refractivity contribution in [2.45, 2.75) is 13.8 Å². The number of hydrogen-bond acceptors (Lipinski definition) is 6. The second kappa shape index (κ2) is 8.73. The normalized spacial score (nSPS) is 14.0. The summed E-state index contributed by atoms with van der Waals surface area (Å²) in [5.74, 6) is -0.470. The Morgan fingerprint density at radius 1 is 0.972 bits per heavy atom. The molecular weight excluding hydrogens is 450 g/mol. The molecule has 0 aliphatic carbocycles. The zero-order valence-electron chi connectivity index (χ0n) is 20.3. The lowest BCUT2D eigenvalue weighted by Gasteiger charge is -2.29. The van der Waals surface area contributed by atoms with Crippen molar-refractivity contribution in [2.75, 3.05) is 31.1 Å². The molecular formula is C28H27N7O. The van der Waals surface area contributed by atoms with E-state index in [0.717, 1.165) is 71.0 Å². The van der Waals surface area contributed by atoms with Crippen LogP contribution in [0.4, 0.5) is 5.69 Å². The molecule has 1 amide bonds. The fourth-order valence-electron chi connectivity index (χ4n) is 4.98. The Balaban J connectivity index is 1.41. The van der Waals surface area contributed by atoms with Crippen molar-refractivity contribution in [2.24, 2.45) is 5.73 Å². The summed E-state index contributed by atoms with van der Waals surface area (Å²) in [6.07, 6.45) is 1.84. The van der Waals surface area contributed by atoms with Crippen LogP contribution in [0.15, 0.2) is 60.8 Å². The molecule has 0 radical (unpaired) electrons. The van der Waals surface area contributed by atoms with Crippen LogP contribution in [-0.4, -0.2) is 51.7 Å². The van der Waals surface area contributed by atoms with Gasteiger partial charge in [0.2, 0.25) is 5.91 Å². The largest absolute Gasteiger partial charge is 0.369 e. The molecule has 6 rings (SSSR count). The Labute approximate surface area is 208 Å². The van der Waals surface area contributed by atoms with Gasteiger partial charge in [0, 0.05) is 59.6 Å². The molecule has 0 spiro atoms. The fourth-order valence-corrected chi connectivity index (χ4v) is 4.98. The second-order valence-electron chi connectivity index (χ2n) is 9.25. The van der Waals surface area contributed by atoms with Gasteiger partial charge in [-0.1, -0.05) is 18.2 Å². The summed E-state index contributed by atoms with van der Waals surface area (Å²) in [5.41, 5.74) is 14.4. The zero-order chi connectivity index (χ0) is 24.8. The maximum absolute atomic E-state index is 11.7. The van der Waals surface area contributed by atoms with Crippen LogP contribution in [0, 0.1) is 13.8 Å². The Morgan fingerprint density at radius 3 is 2.50 bits per heavy atom. The predicted molar refractivity (Wildman–Crippen MR) is 142 cm³/mol. The number of imidazole rings is 1. The highest BCUT2D eigenvalue weighted by molar-refractivity contribution is 6.00. The number of aryl methyl sites for hydroxylation is 2. The molecule has 36 heavy (non-hydrogen) atoms. The Bertz CT molecular complexity index is 1620. The van der Waals surface area contributed by atoms with Crippen molar-refractivity contribution in [3.05, 3.63) is 77.7 Å². The number of primary amides is 1. The number of aromatic nitrogens is 4. The quantitative estimate of drug-likeness (QED) is 0.409. The second-order valence-corrected chi connectivity index (χ2v) is 9.25. The zero-order valence-corrected chi connectivity index (χ0v) is 20.3. The van der Waals surface area contributed by atoms with E-state index in [2.05, 4.69) is 50.5 Å². The number of carbonyl (C=O) groups is 1. The van der Waals surface area contributed by atoms with Crippen molar-refractivity contribution in [1.29, 1.82) is 0 Å². The first-order chi connectivity index (χ1) is 17.5. The fraction of sp³-hybridized carbons (Fsp3) is 0.214. The number of nitrogens with zero attached hydrogens (tertiary/aromatic N) is 5. The van der Waals surface area contributed by atoms with E-state index in [0.29, 0.717) is 11.1 Å². The first kappa shape index (κ1) is 22.2. The van der Waals surface area contributed by atoms with Gasteiger partial charge in [-0.3, -0.25) is 9.78 Å². The van der Waals surface area contributed by atoms with Gasteiger partial charge in [0.05, 0.1) is 23.1 Å². The van der Waals surface area contributed by atoms with Gasteiger partial charge < -0.3 is 16.0 Å². The molecule has 8 heteroatoms. The Morgan fingerprint density at radius 2 is 1.75 bits per heavy atom. The molecule has 0 unspecified atom stereocenters. The molecule has 5 aromatic rings. The van der Waals surface area contributed by atoms with Gasteiger partial charge in [-0.2, -0.15) is 5.10 Å². The molecule has 1 aliphatic heterocycles. The van der Waals surface area contributed by atoms with Crippen molar-refractivity contribution in [1.82, 2.24) is 24.9 Å². The van der Waals surface area contributed by atoms with Crippen molar-refractivity contribution in [3.63, 3.8) is 0 Å². The molecule has 1 saturated heterocycles. The lowest BCUT2D eigenvalue weighted by molar-refractivity contribution is 0.100. The van der Waals surface area contributed by atoms with Gasteiger partial charge in [-0.15, -0.1) is 0 Å². The van der Waals surface area contributed by atoms with Gasteiger partial charge in [-0.25, -0.2) is 9.50 Å². The van der Waals surface area contributed by atoms with Crippen molar-refractivity contribution < 1.29 is 4.79 Å². The van der Waals surface area contributed by atoms with Gasteiger partial charge in [0.15, 0.2) is 5.65 Å². The number of fused-ring (bicyclic) bond motifs is 2. The van der Waals surface area contributed by atoms with Crippen LogP contribution in [0.5, 0.6) is 0 Å². The molecule has 1 aliphatic rings. The number of anilines is 1. The van der Waals surface area contributed by atoms with Crippen LogP contribution in [0.1, 0.15) is 21.7 Å². The van der Waals surface area contributed by atoms with E-state index in [4.69, 9.17) is 10.8 Å². The number of nitrogens with one attached hydrogen (secondary N) is 1. The van der Waals surface area contributed by atoms with Gasteiger partial charge in [0.1, 0.15) is 0 Å². The molecule has 180 valence electrons. The molecule has 1 fully saturated rings. The third kappa shape index (κ3) is 3.85. The maximum Gasteiger partial charge on any atom is 0.248 e. The number of benzene rings is 2. The third-order valence-corrected chi connectivity index (χ3v) is 6.84. The van der Waals surface area contributed by atoms with Gasteiger partial charge >= 0.3 is 0 Å². The molecule has 0 saturated carbocycles. The smallest absolute Gasteiger partial charge is 0.248 e. The van der Waals surface area contributed by atoms with E-state index < -0.39 is 5.91 Å². The Kier molecular flexibility index (Phi) is 5.38. The number of nitrogens with two attached hydrogens (primary N) is 1. The molecule has 0 atom stereocenters. The highest BCUT2D eigenvalue weighted by Crippen LogP contribution is 2.32. The topological polar surface area (TPSA) is 101 Å². The van der Waals surface area contributed by atoms with Gasteiger partial charge in [-0.05, 0) is 55.8 Å². The molecule has 4 heterocycles. The standard InChI is InChI=1S/C28H27N7O/c1-17-13-24(22-8-5-20(28(29)36)14-25(22)32-17)26-16-31-27-15-23(18(2)33-35(26)27)19-3-6-21(7-4-19)34-11-9-30-10-12-34/h3-8,13-16,30H,9-12H2,1-2H3,(H2,29,36). The van der Waals surface area contributed by atoms with Crippen molar-refractivity contribution >= 4 is 28.1 Å². The minimum Gasteiger partial charge on any atom is -0.369 e. The van der Waals surface area contributed by atoms with Crippen LogP contribution in [0.3, 0.4) is 0 Å². The maximum atomic E-state index is 11.7. The van der Waals surface area contributed by atoms with Crippen LogP contribution >= 0.6 is 0 Å². The third-order valence-electron chi connectivity index (χ3n) is 6.84. The minimum atomic E-state index is -0.470. The Hall–Kier alpha value is -4.30. The first-order valence-corrected chi connectivity index (χ1v) is 12.1. The average Bonchev–Trinajstić information content (AvgIpc) is 3.30. The summed E-state index contributed by atoms with van der Waals surface area (Å²) in [7, 11) is 0. The van der Waals surface area contributed by atoms with E-state index in [1.54, 1.807) is 12.1 Å². The van der Waals surface area contributed by atoms with Crippen LogP contribution in [0.2, 0.25) is 0 Å². The number of hydrogen-bond donors (Lipinski definition) is 2. The summed E-state index contributed by atoms with van der Waals surface area (Å²) in [6.45, 7) is 8.04. The molecule has 3 N–H and O–H groups in total. The number of piperazine rings is 1. The number of amides is 1. The summed E-state index contributed by atoms with van der Waals surface area (Å²) in [5, 5.41) is 9.24. The van der Waals surface area contributed by atoms with E-state index >= 15 is 0 Å². The first-order valence-electron chi connectivity index (χ1n) is 12.1. The van der Waals surface area contributed by atoms with Crippen LogP contribution in [0.25, 0.3) is 38.9 Å². The van der Waals surface area contributed by atoms with E-state index in [1.807, 2.05) is 36.7 Å². The average molecular weight is 478 g/mol. The summed E-state index contributed by atoms with van der Waals surface area (Å²) < 4.78 is 1.88.